The molecule has 6 atom stereocenters. The van der Waals surface area contributed by atoms with E-state index in [0.717, 1.165) is 25.7 Å². The maximum absolute atomic E-state index is 10.6. The molecular formula is C22H32O4. The minimum atomic E-state index is -0.738. The smallest absolute Gasteiger partial charge is 0.303 e. The van der Waals surface area contributed by atoms with E-state index in [1.54, 1.807) is 6.92 Å². The maximum atomic E-state index is 10.6. The van der Waals surface area contributed by atoms with Crippen molar-refractivity contribution in [3.63, 3.8) is 0 Å². The Morgan fingerprint density at radius 3 is 2.85 bits per heavy atom. The normalized spacial score (nSPS) is 31.6. The van der Waals surface area contributed by atoms with E-state index in [4.69, 9.17) is 5.11 Å². The van der Waals surface area contributed by atoms with Crippen molar-refractivity contribution in [1.82, 2.24) is 0 Å². The highest BCUT2D eigenvalue weighted by molar-refractivity contribution is 5.66. The van der Waals surface area contributed by atoms with Crippen LogP contribution in [0.25, 0.3) is 0 Å². The van der Waals surface area contributed by atoms with Gasteiger partial charge in [-0.2, -0.15) is 0 Å². The van der Waals surface area contributed by atoms with E-state index in [9.17, 15) is 15.0 Å². The van der Waals surface area contributed by atoms with E-state index < -0.39 is 12.1 Å². The summed E-state index contributed by atoms with van der Waals surface area (Å²) in [6.45, 7) is 3.79. The number of aliphatic carboxylic acids is 1. The molecule has 4 heteroatoms. The lowest BCUT2D eigenvalue weighted by Gasteiger charge is -2.19. The molecule has 2 aliphatic carbocycles. The number of hydrogen-bond donors (Lipinski definition) is 3. The molecule has 0 heterocycles. The molecule has 0 aliphatic heterocycles. The van der Waals surface area contributed by atoms with Crippen LogP contribution in [0.2, 0.25) is 0 Å². The van der Waals surface area contributed by atoms with Crippen LogP contribution in [0.3, 0.4) is 0 Å². The molecule has 0 aromatic rings. The van der Waals surface area contributed by atoms with Crippen LogP contribution >= 0.6 is 0 Å². The monoisotopic (exact) mass is 360 g/mol. The molecule has 2 rings (SSSR count). The summed E-state index contributed by atoms with van der Waals surface area (Å²) in [6.07, 6.45) is 10.4. The van der Waals surface area contributed by atoms with Crippen molar-refractivity contribution in [2.75, 3.05) is 0 Å². The minimum Gasteiger partial charge on any atom is -0.481 e. The molecule has 2 fully saturated rings. The number of fused-ring (bicyclic) bond motifs is 1. The second-order valence-corrected chi connectivity index (χ2v) is 7.84. The standard InChI is InChI=1S/C22H32O4/c1-3-4-7-15(2)20(23)11-10-18-19-13-16(8-5-6-9-22(25)26)12-17(19)14-21(18)24/h8,10-11,15,17-21,23-24H,5-7,9,12-14H2,1-2H3,(H,25,26)/b11-10+,16-8-/t15-,17+,18-,19+,20+,21-/m1/s1. The van der Waals surface area contributed by atoms with Crippen LogP contribution in [-0.2, 0) is 4.79 Å². The number of carboxylic acid groups (broad SMARTS) is 1. The van der Waals surface area contributed by atoms with Gasteiger partial charge in [-0.1, -0.05) is 30.7 Å². The first kappa shape index (κ1) is 20.7. The Labute approximate surface area is 157 Å². The summed E-state index contributed by atoms with van der Waals surface area (Å²) >= 11 is 0. The molecule has 144 valence electrons. The van der Waals surface area contributed by atoms with Gasteiger partial charge in [0.05, 0.1) is 12.2 Å². The maximum Gasteiger partial charge on any atom is 0.303 e. The number of aliphatic hydroxyl groups excluding tert-OH is 2. The summed E-state index contributed by atoms with van der Waals surface area (Å²) < 4.78 is 0. The van der Waals surface area contributed by atoms with Crippen molar-refractivity contribution in [1.29, 1.82) is 0 Å². The molecule has 0 radical (unpaired) electrons. The fraction of sp³-hybridized carbons (Fsp3) is 0.682. The number of unbranched alkanes of at least 4 members (excludes halogenated alkanes) is 1. The quantitative estimate of drug-likeness (QED) is 0.351. The Morgan fingerprint density at radius 2 is 2.15 bits per heavy atom. The van der Waals surface area contributed by atoms with Crippen LogP contribution < -0.4 is 0 Å². The molecule has 0 bridgehead atoms. The third kappa shape index (κ3) is 5.72. The fourth-order valence-corrected chi connectivity index (χ4v) is 4.31. The summed E-state index contributed by atoms with van der Waals surface area (Å²) in [7, 11) is 0. The second kappa shape index (κ2) is 9.94. The van der Waals surface area contributed by atoms with E-state index in [1.165, 1.54) is 5.57 Å². The van der Waals surface area contributed by atoms with Gasteiger partial charge in [0, 0.05) is 18.8 Å². The van der Waals surface area contributed by atoms with Crippen LogP contribution in [0.4, 0.5) is 0 Å². The largest absolute Gasteiger partial charge is 0.481 e. The summed E-state index contributed by atoms with van der Waals surface area (Å²) in [5.74, 6) is 6.25. The van der Waals surface area contributed by atoms with E-state index in [2.05, 4.69) is 17.9 Å². The Morgan fingerprint density at radius 1 is 1.38 bits per heavy atom. The predicted molar refractivity (Wildman–Crippen MR) is 102 cm³/mol. The van der Waals surface area contributed by atoms with Crippen molar-refractivity contribution < 1.29 is 20.1 Å². The average Bonchev–Trinajstić information content (AvgIpc) is 3.10. The second-order valence-electron chi connectivity index (χ2n) is 7.84. The Hall–Kier alpha value is -1.57. The van der Waals surface area contributed by atoms with E-state index >= 15 is 0 Å². The van der Waals surface area contributed by atoms with Crippen LogP contribution in [0.5, 0.6) is 0 Å². The fourth-order valence-electron chi connectivity index (χ4n) is 4.31. The van der Waals surface area contributed by atoms with E-state index in [0.29, 0.717) is 24.7 Å². The molecule has 3 N–H and O–H groups in total. The summed E-state index contributed by atoms with van der Waals surface area (Å²) in [6, 6.07) is 0. The Balaban J connectivity index is 1.89. The van der Waals surface area contributed by atoms with Gasteiger partial charge in [0.1, 0.15) is 0 Å². The number of rotatable bonds is 8. The molecule has 0 aromatic carbocycles. The molecular weight excluding hydrogens is 328 g/mol. The van der Waals surface area contributed by atoms with E-state index in [-0.39, 0.29) is 24.4 Å². The lowest BCUT2D eigenvalue weighted by Crippen LogP contribution is -2.19. The summed E-state index contributed by atoms with van der Waals surface area (Å²) in [4.78, 5) is 10.6. The van der Waals surface area contributed by atoms with Gasteiger partial charge in [-0.15, -0.1) is 11.8 Å². The average molecular weight is 360 g/mol. The van der Waals surface area contributed by atoms with Crippen molar-refractivity contribution in [3.8, 4) is 11.8 Å². The first-order valence-corrected chi connectivity index (χ1v) is 9.76. The SMILES string of the molecule is CC#CC[C@@H](C)[C@@H](O)/C=C/[C@@H]1[C@H]2C/C(=C\CCCC(=O)O)C[C@H]2C[C@H]1O. The van der Waals surface area contributed by atoms with Gasteiger partial charge in [-0.25, -0.2) is 0 Å². The van der Waals surface area contributed by atoms with Crippen molar-refractivity contribution in [2.45, 2.75) is 71.0 Å². The molecule has 2 saturated carbocycles. The van der Waals surface area contributed by atoms with Gasteiger partial charge < -0.3 is 15.3 Å². The predicted octanol–water partition coefficient (Wildman–Crippen LogP) is 3.54. The van der Waals surface area contributed by atoms with Crippen molar-refractivity contribution >= 4 is 5.97 Å². The highest BCUT2D eigenvalue weighted by atomic mass is 16.4. The molecule has 0 aromatic heterocycles. The topological polar surface area (TPSA) is 77.8 Å². The number of carboxylic acids is 1. The zero-order valence-electron chi connectivity index (χ0n) is 15.9. The first-order valence-electron chi connectivity index (χ1n) is 9.76. The van der Waals surface area contributed by atoms with Gasteiger partial charge in [0.15, 0.2) is 0 Å². The summed E-state index contributed by atoms with van der Waals surface area (Å²) in [5.41, 5.74) is 1.41. The van der Waals surface area contributed by atoms with Gasteiger partial charge in [-0.05, 0) is 56.8 Å². The lowest BCUT2D eigenvalue weighted by atomic mass is 9.89. The number of allylic oxidation sites excluding steroid dienone is 2. The molecule has 2 aliphatic rings. The van der Waals surface area contributed by atoms with Gasteiger partial charge >= 0.3 is 5.97 Å². The third-order valence-corrected chi connectivity index (χ3v) is 5.85. The van der Waals surface area contributed by atoms with E-state index in [1.807, 2.05) is 19.1 Å². The van der Waals surface area contributed by atoms with Crippen LogP contribution in [0.15, 0.2) is 23.8 Å². The number of hydrogen-bond acceptors (Lipinski definition) is 3. The number of carbonyl (C=O) groups is 1. The van der Waals surface area contributed by atoms with Gasteiger partial charge in [0.25, 0.3) is 0 Å². The molecule has 0 unspecified atom stereocenters. The first-order chi connectivity index (χ1) is 12.4. The summed E-state index contributed by atoms with van der Waals surface area (Å²) in [5, 5.41) is 29.4. The zero-order valence-corrected chi connectivity index (χ0v) is 15.9. The van der Waals surface area contributed by atoms with Crippen molar-refractivity contribution in [2.24, 2.45) is 23.7 Å². The molecule has 0 saturated heterocycles. The van der Waals surface area contributed by atoms with Crippen LogP contribution in [0.1, 0.15) is 58.8 Å². The van der Waals surface area contributed by atoms with Crippen LogP contribution in [0, 0.1) is 35.5 Å². The highest BCUT2D eigenvalue weighted by Gasteiger charge is 2.44. The number of aliphatic hydroxyl groups is 2. The van der Waals surface area contributed by atoms with Crippen LogP contribution in [-0.4, -0.2) is 33.5 Å². The zero-order chi connectivity index (χ0) is 19.1. The van der Waals surface area contributed by atoms with Gasteiger partial charge in [0.2, 0.25) is 0 Å². The van der Waals surface area contributed by atoms with Gasteiger partial charge in [-0.3, -0.25) is 4.79 Å². The molecule has 4 nitrogen and oxygen atoms in total. The molecule has 26 heavy (non-hydrogen) atoms. The molecule has 0 amide bonds. The highest BCUT2D eigenvalue weighted by Crippen LogP contribution is 2.50. The Bertz CT molecular complexity index is 595. The third-order valence-electron chi connectivity index (χ3n) is 5.85. The lowest BCUT2D eigenvalue weighted by molar-refractivity contribution is -0.137. The molecule has 0 spiro atoms. The van der Waals surface area contributed by atoms with Crippen molar-refractivity contribution in [3.05, 3.63) is 23.8 Å². The Kier molecular flexibility index (Phi) is 7.93. The minimum absolute atomic E-state index is 0.0845.